The monoisotopic (exact) mass is 469 g/mol. The van der Waals surface area contributed by atoms with Gasteiger partial charge in [0.25, 0.3) is 0 Å². The van der Waals surface area contributed by atoms with Crippen LogP contribution in [0.1, 0.15) is 34.1 Å². The van der Waals surface area contributed by atoms with Crippen LogP contribution in [-0.4, -0.2) is 40.5 Å². The molecular weight excluding hydrogens is 442 g/mol. The lowest BCUT2D eigenvalue weighted by Gasteiger charge is -2.07. The van der Waals surface area contributed by atoms with Crippen molar-refractivity contribution in [3.05, 3.63) is 114 Å². The van der Waals surface area contributed by atoms with Crippen LogP contribution in [0.2, 0.25) is 0 Å². The first-order chi connectivity index (χ1) is 17.0. The Bertz CT molecular complexity index is 1280. The number of rotatable bonds is 7. The van der Waals surface area contributed by atoms with Gasteiger partial charge in [0, 0.05) is 11.6 Å². The zero-order valence-corrected chi connectivity index (χ0v) is 19.9. The number of benzene rings is 3. The average Bonchev–Trinajstić information content (AvgIpc) is 3.39. The van der Waals surface area contributed by atoms with Gasteiger partial charge in [-0.2, -0.15) is 5.10 Å². The molecule has 35 heavy (non-hydrogen) atoms. The first kappa shape index (κ1) is 25.1. The van der Waals surface area contributed by atoms with Crippen LogP contribution in [0.25, 0.3) is 11.8 Å². The van der Waals surface area contributed by atoms with Crippen LogP contribution < -0.4 is 4.74 Å². The smallest absolute Gasteiger partial charge is 0.330 e. The molecule has 0 aliphatic heterocycles. The van der Waals surface area contributed by atoms with Crippen LogP contribution in [0.3, 0.4) is 0 Å². The van der Waals surface area contributed by atoms with Crippen molar-refractivity contribution in [1.29, 1.82) is 0 Å². The standard InChI is InChI=1S/C17H15N3O2.C11H12O2/c1-12-8-9-16(22-2)15(10-12)20-18-11-14(19-20)17(21)13-6-4-3-5-7-13;1-2-13-11(12)9-8-10-6-4-3-5-7-10/h3-11H,1-2H3;3-9H,2H2,1H3. The number of carbonyl (C=O) groups is 2. The third kappa shape index (κ3) is 7.23. The van der Waals surface area contributed by atoms with Crippen LogP contribution in [0.15, 0.2) is 91.1 Å². The van der Waals surface area contributed by atoms with Crippen molar-refractivity contribution >= 4 is 17.8 Å². The maximum atomic E-state index is 12.4. The van der Waals surface area contributed by atoms with Crippen LogP contribution in [-0.2, 0) is 9.53 Å². The van der Waals surface area contributed by atoms with Gasteiger partial charge in [0.1, 0.15) is 11.4 Å². The Kier molecular flexibility index (Phi) is 9.07. The molecule has 0 radical (unpaired) electrons. The fourth-order valence-corrected chi connectivity index (χ4v) is 3.10. The minimum atomic E-state index is -0.300. The van der Waals surface area contributed by atoms with E-state index in [4.69, 9.17) is 9.47 Å². The summed E-state index contributed by atoms with van der Waals surface area (Å²) in [7, 11) is 1.59. The number of aromatic nitrogens is 3. The number of methoxy groups -OCH3 is 1. The zero-order chi connectivity index (χ0) is 25.0. The Morgan fingerprint density at radius 2 is 1.66 bits per heavy atom. The summed E-state index contributed by atoms with van der Waals surface area (Å²) in [5.41, 5.74) is 3.65. The lowest BCUT2D eigenvalue weighted by molar-refractivity contribution is -0.137. The van der Waals surface area contributed by atoms with Crippen LogP contribution in [0, 0.1) is 6.92 Å². The van der Waals surface area contributed by atoms with E-state index in [2.05, 4.69) is 10.2 Å². The normalized spacial score (nSPS) is 10.4. The molecule has 0 unspecified atom stereocenters. The Morgan fingerprint density at radius 3 is 2.31 bits per heavy atom. The third-order valence-corrected chi connectivity index (χ3v) is 4.81. The summed E-state index contributed by atoms with van der Waals surface area (Å²) in [6.45, 7) is 4.18. The summed E-state index contributed by atoms with van der Waals surface area (Å²) in [6, 6.07) is 24.4. The number of hydrogen-bond donors (Lipinski definition) is 0. The summed E-state index contributed by atoms with van der Waals surface area (Å²) in [5, 5.41) is 8.47. The maximum absolute atomic E-state index is 12.4. The van der Waals surface area contributed by atoms with Crippen molar-refractivity contribution < 1.29 is 19.1 Å². The minimum Gasteiger partial charge on any atom is -0.494 e. The largest absolute Gasteiger partial charge is 0.494 e. The van der Waals surface area contributed by atoms with Gasteiger partial charge in [-0.15, -0.1) is 9.90 Å². The van der Waals surface area contributed by atoms with E-state index in [1.54, 1.807) is 32.2 Å². The topological polar surface area (TPSA) is 83.3 Å². The second-order valence-electron chi connectivity index (χ2n) is 7.39. The van der Waals surface area contributed by atoms with Crippen molar-refractivity contribution in [2.24, 2.45) is 0 Å². The minimum absolute atomic E-state index is 0.154. The van der Waals surface area contributed by atoms with Crippen molar-refractivity contribution in [2.75, 3.05) is 13.7 Å². The highest BCUT2D eigenvalue weighted by atomic mass is 16.5. The SMILES string of the molecule is CCOC(=O)C=Cc1ccccc1.COc1ccc(C)cc1-n1ncc(C(=O)c2ccccc2)n1. The van der Waals surface area contributed by atoms with E-state index in [1.807, 2.05) is 73.7 Å². The summed E-state index contributed by atoms with van der Waals surface area (Å²) in [5.74, 6) is 0.199. The molecule has 0 amide bonds. The van der Waals surface area contributed by atoms with E-state index < -0.39 is 0 Å². The third-order valence-electron chi connectivity index (χ3n) is 4.81. The van der Waals surface area contributed by atoms with Gasteiger partial charge in [0.2, 0.25) is 5.78 Å². The van der Waals surface area contributed by atoms with E-state index in [9.17, 15) is 9.59 Å². The van der Waals surface area contributed by atoms with Crippen molar-refractivity contribution in [1.82, 2.24) is 15.0 Å². The molecule has 0 atom stereocenters. The van der Waals surface area contributed by atoms with E-state index in [1.165, 1.54) is 17.1 Å². The molecule has 0 saturated heterocycles. The first-order valence-electron chi connectivity index (χ1n) is 11.1. The number of ether oxygens (including phenoxy) is 2. The van der Waals surface area contributed by atoms with Gasteiger partial charge >= 0.3 is 5.97 Å². The van der Waals surface area contributed by atoms with Crippen LogP contribution in [0.5, 0.6) is 5.75 Å². The molecule has 0 aliphatic rings. The van der Waals surface area contributed by atoms with E-state index in [-0.39, 0.29) is 11.8 Å². The molecule has 0 fully saturated rings. The molecule has 7 heteroatoms. The molecule has 0 N–H and O–H groups in total. The van der Waals surface area contributed by atoms with Crippen LogP contribution in [0.4, 0.5) is 0 Å². The van der Waals surface area contributed by atoms with Crippen molar-refractivity contribution in [2.45, 2.75) is 13.8 Å². The molecule has 0 spiro atoms. The maximum Gasteiger partial charge on any atom is 0.330 e. The highest BCUT2D eigenvalue weighted by Crippen LogP contribution is 2.22. The second kappa shape index (κ2) is 12.6. The molecule has 4 aromatic rings. The van der Waals surface area contributed by atoms with Gasteiger partial charge < -0.3 is 9.47 Å². The Morgan fingerprint density at radius 1 is 0.971 bits per heavy atom. The van der Waals surface area contributed by atoms with Gasteiger partial charge in [-0.05, 0) is 43.2 Å². The second-order valence-corrected chi connectivity index (χ2v) is 7.39. The fourth-order valence-electron chi connectivity index (χ4n) is 3.10. The Labute approximate surface area is 204 Å². The highest BCUT2D eigenvalue weighted by Gasteiger charge is 2.15. The van der Waals surface area contributed by atoms with Gasteiger partial charge in [0.15, 0.2) is 5.69 Å². The Hall–Kier alpha value is -4.52. The zero-order valence-electron chi connectivity index (χ0n) is 19.9. The predicted molar refractivity (Wildman–Crippen MR) is 135 cm³/mol. The molecule has 4 rings (SSSR count). The van der Waals surface area contributed by atoms with E-state index in [0.717, 1.165) is 11.1 Å². The van der Waals surface area contributed by atoms with Crippen molar-refractivity contribution in [3.63, 3.8) is 0 Å². The number of carbonyl (C=O) groups excluding carboxylic acids is 2. The number of nitrogens with zero attached hydrogens (tertiary/aromatic N) is 3. The molecule has 1 aromatic heterocycles. The average molecular weight is 470 g/mol. The van der Waals surface area contributed by atoms with E-state index in [0.29, 0.717) is 29.3 Å². The molecule has 1 heterocycles. The molecule has 178 valence electrons. The summed E-state index contributed by atoms with van der Waals surface area (Å²) >= 11 is 0. The van der Waals surface area contributed by atoms with Crippen molar-refractivity contribution in [3.8, 4) is 11.4 Å². The summed E-state index contributed by atoms with van der Waals surface area (Å²) < 4.78 is 10.1. The quantitative estimate of drug-likeness (QED) is 0.213. The molecular formula is C28H27N3O4. The summed E-state index contributed by atoms with van der Waals surface area (Å²) in [6.07, 6.45) is 4.63. The molecule has 3 aromatic carbocycles. The van der Waals surface area contributed by atoms with Gasteiger partial charge in [0.05, 0.1) is 19.9 Å². The molecule has 0 bridgehead atoms. The van der Waals surface area contributed by atoms with Gasteiger partial charge in [-0.1, -0.05) is 66.7 Å². The lowest BCUT2D eigenvalue weighted by Crippen LogP contribution is -2.05. The van der Waals surface area contributed by atoms with Gasteiger partial charge in [-0.3, -0.25) is 4.79 Å². The number of hydrogen-bond acceptors (Lipinski definition) is 6. The molecule has 7 nitrogen and oxygen atoms in total. The van der Waals surface area contributed by atoms with E-state index >= 15 is 0 Å². The molecule has 0 aliphatic carbocycles. The summed E-state index contributed by atoms with van der Waals surface area (Å²) in [4.78, 5) is 24.7. The Balaban J connectivity index is 0.000000225. The van der Waals surface area contributed by atoms with Gasteiger partial charge in [-0.25, -0.2) is 4.79 Å². The fraction of sp³-hybridized carbons (Fsp3) is 0.143. The number of esters is 1. The number of ketones is 1. The molecule has 0 saturated carbocycles. The lowest BCUT2D eigenvalue weighted by atomic mass is 10.1. The first-order valence-corrected chi connectivity index (χ1v) is 11.1. The predicted octanol–water partition coefficient (Wildman–Crippen LogP) is 5.08. The van der Waals surface area contributed by atoms with Crippen LogP contribution >= 0.6 is 0 Å². The number of aryl methyl sites for hydroxylation is 1. The highest BCUT2D eigenvalue weighted by molar-refractivity contribution is 6.07.